The molecular formula is C25H26ClN3O2. The average Bonchev–Trinajstić information content (AvgIpc) is 3.17. The fourth-order valence-corrected chi connectivity index (χ4v) is 3.75. The molecule has 0 amide bonds. The second-order valence-corrected chi connectivity index (χ2v) is 7.76. The molecule has 3 aromatic carbocycles. The lowest BCUT2D eigenvalue weighted by atomic mass is 10.1. The first-order valence-electron chi connectivity index (χ1n) is 10.4. The predicted molar refractivity (Wildman–Crippen MR) is 125 cm³/mol. The van der Waals surface area contributed by atoms with E-state index in [1.807, 2.05) is 55.5 Å². The second kappa shape index (κ2) is 9.86. The molecule has 2 N–H and O–H groups in total. The van der Waals surface area contributed by atoms with Crippen molar-refractivity contribution in [3.63, 3.8) is 0 Å². The molecule has 0 atom stereocenters. The van der Waals surface area contributed by atoms with Gasteiger partial charge >= 0.3 is 0 Å². The van der Waals surface area contributed by atoms with Crippen molar-refractivity contribution in [2.75, 3.05) is 6.61 Å². The maximum atomic E-state index is 6.57. The number of rotatable bonds is 9. The zero-order chi connectivity index (χ0) is 21.6. The molecule has 4 aromatic rings. The summed E-state index contributed by atoms with van der Waals surface area (Å²) in [7, 11) is 0. The van der Waals surface area contributed by atoms with Crippen molar-refractivity contribution in [3.05, 3.63) is 88.2 Å². The molecule has 0 bridgehead atoms. The van der Waals surface area contributed by atoms with Crippen LogP contribution in [0, 0.1) is 6.92 Å². The van der Waals surface area contributed by atoms with Crippen LogP contribution in [0.25, 0.3) is 11.0 Å². The van der Waals surface area contributed by atoms with E-state index in [2.05, 4.69) is 34.3 Å². The molecule has 0 saturated heterocycles. The third kappa shape index (κ3) is 5.19. The summed E-state index contributed by atoms with van der Waals surface area (Å²) in [6.45, 7) is 6.26. The minimum absolute atomic E-state index is 0.441. The van der Waals surface area contributed by atoms with E-state index in [1.165, 1.54) is 5.56 Å². The van der Waals surface area contributed by atoms with Crippen LogP contribution in [-0.2, 0) is 19.7 Å². The Morgan fingerprint density at radius 3 is 2.61 bits per heavy atom. The Bertz CT molecular complexity index is 1140. The van der Waals surface area contributed by atoms with Gasteiger partial charge in [0.2, 0.25) is 0 Å². The van der Waals surface area contributed by atoms with Crippen LogP contribution in [0.15, 0.2) is 60.7 Å². The number of benzene rings is 3. The van der Waals surface area contributed by atoms with E-state index >= 15 is 0 Å². The van der Waals surface area contributed by atoms with Gasteiger partial charge in [-0.1, -0.05) is 48.0 Å². The van der Waals surface area contributed by atoms with E-state index in [4.69, 9.17) is 21.1 Å². The third-order valence-corrected chi connectivity index (χ3v) is 5.34. The molecule has 6 heteroatoms. The minimum Gasteiger partial charge on any atom is -0.490 e. The molecule has 0 spiro atoms. The van der Waals surface area contributed by atoms with Gasteiger partial charge in [0.25, 0.3) is 0 Å². The van der Waals surface area contributed by atoms with Gasteiger partial charge in [-0.25, -0.2) is 4.98 Å². The van der Waals surface area contributed by atoms with Gasteiger partial charge < -0.3 is 19.8 Å². The highest BCUT2D eigenvalue weighted by atomic mass is 35.5. The van der Waals surface area contributed by atoms with Crippen LogP contribution in [0.3, 0.4) is 0 Å². The van der Waals surface area contributed by atoms with Gasteiger partial charge in [-0.05, 0) is 54.8 Å². The summed E-state index contributed by atoms with van der Waals surface area (Å²) in [5.74, 6) is 2.13. The topological polar surface area (TPSA) is 59.2 Å². The van der Waals surface area contributed by atoms with E-state index in [0.717, 1.165) is 28.0 Å². The number of para-hydroxylation sites is 2. The molecule has 0 aliphatic rings. The summed E-state index contributed by atoms with van der Waals surface area (Å²) in [4.78, 5) is 7.92. The lowest BCUT2D eigenvalue weighted by Gasteiger charge is -2.16. The molecule has 0 fully saturated rings. The summed E-state index contributed by atoms with van der Waals surface area (Å²) < 4.78 is 11.9. The number of nitrogens with zero attached hydrogens (tertiary/aromatic N) is 1. The molecule has 160 valence electrons. The molecule has 1 aromatic heterocycles. The highest BCUT2D eigenvalue weighted by Crippen LogP contribution is 2.37. The molecule has 0 radical (unpaired) electrons. The van der Waals surface area contributed by atoms with E-state index in [-0.39, 0.29) is 0 Å². The van der Waals surface area contributed by atoms with Gasteiger partial charge in [0.15, 0.2) is 11.5 Å². The maximum Gasteiger partial charge on any atom is 0.180 e. The number of aromatic amines is 1. The van der Waals surface area contributed by atoms with Crippen LogP contribution < -0.4 is 14.8 Å². The van der Waals surface area contributed by atoms with Gasteiger partial charge in [-0.15, -0.1) is 0 Å². The fourth-order valence-electron chi connectivity index (χ4n) is 3.46. The number of hydrogen-bond donors (Lipinski definition) is 2. The first kappa shape index (κ1) is 21.2. The Morgan fingerprint density at radius 2 is 1.81 bits per heavy atom. The van der Waals surface area contributed by atoms with Crippen LogP contribution >= 0.6 is 11.6 Å². The van der Waals surface area contributed by atoms with Crippen molar-refractivity contribution in [2.45, 2.75) is 33.5 Å². The number of imidazole rings is 1. The summed E-state index contributed by atoms with van der Waals surface area (Å²) in [5.41, 5.74) is 5.33. The highest BCUT2D eigenvalue weighted by Gasteiger charge is 2.14. The third-order valence-electron chi connectivity index (χ3n) is 5.06. The molecule has 0 aliphatic carbocycles. The average molecular weight is 436 g/mol. The van der Waals surface area contributed by atoms with Crippen molar-refractivity contribution in [3.8, 4) is 11.5 Å². The molecule has 5 nitrogen and oxygen atoms in total. The largest absolute Gasteiger partial charge is 0.490 e. The SMILES string of the molecule is CCOc1cc(CNCc2nc3ccccc3[nH]2)cc(Cl)c1OCc1ccccc1C. The van der Waals surface area contributed by atoms with E-state index < -0.39 is 0 Å². The molecule has 0 saturated carbocycles. The van der Waals surface area contributed by atoms with Crippen LogP contribution in [0.1, 0.15) is 29.4 Å². The molecule has 31 heavy (non-hydrogen) atoms. The highest BCUT2D eigenvalue weighted by molar-refractivity contribution is 6.32. The number of aromatic nitrogens is 2. The predicted octanol–water partition coefficient (Wildman–Crippen LogP) is 5.79. The maximum absolute atomic E-state index is 6.57. The Labute approximate surface area is 187 Å². The first-order valence-corrected chi connectivity index (χ1v) is 10.8. The number of ether oxygens (including phenoxy) is 2. The van der Waals surface area contributed by atoms with Gasteiger partial charge in [0, 0.05) is 6.54 Å². The molecule has 1 heterocycles. The van der Waals surface area contributed by atoms with E-state index in [1.54, 1.807) is 0 Å². The Hall–Kier alpha value is -3.02. The van der Waals surface area contributed by atoms with Crippen LogP contribution in [0.4, 0.5) is 0 Å². The zero-order valence-electron chi connectivity index (χ0n) is 17.7. The fraction of sp³-hybridized carbons (Fsp3) is 0.240. The van der Waals surface area contributed by atoms with Crippen LogP contribution in [-0.4, -0.2) is 16.6 Å². The number of nitrogens with one attached hydrogen (secondary N) is 2. The lowest BCUT2D eigenvalue weighted by Crippen LogP contribution is -2.14. The van der Waals surface area contributed by atoms with Gasteiger partial charge in [-0.2, -0.15) is 0 Å². The van der Waals surface area contributed by atoms with Crippen LogP contribution in [0.2, 0.25) is 5.02 Å². The monoisotopic (exact) mass is 435 g/mol. The molecule has 0 unspecified atom stereocenters. The van der Waals surface area contributed by atoms with Crippen molar-refractivity contribution in [2.24, 2.45) is 0 Å². The smallest absolute Gasteiger partial charge is 0.180 e. The van der Waals surface area contributed by atoms with Crippen LogP contribution in [0.5, 0.6) is 11.5 Å². The van der Waals surface area contributed by atoms with Gasteiger partial charge in [0.1, 0.15) is 12.4 Å². The lowest BCUT2D eigenvalue weighted by molar-refractivity contribution is 0.268. The Kier molecular flexibility index (Phi) is 6.75. The minimum atomic E-state index is 0.441. The zero-order valence-corrected chi connectivity index (χ0v) is 18.5. The summed E-state index contributed by atoms with van der Waals surface area (Å²) in [6.07, 6.45) is 0. The number of fused-ring (bicyclic) bond motifs is 1. The molecule has 4 rings (SSSR count). The van der Waals surface area contributed by atoms with Gasteiger partial charge in [0.05, 0.1) is 29.2 Å². The number of aryl methyl sites for hydroxylation is 1. The van der Waals surface area contributed by atoms with E-state index in [9.17, 15) is 0 Å². The quantitative estimate of drug-likeness (QED) is 0.349. The molecule has 0 aliphatic heterocycles. The molecular weight excluding hydrogens is 410 g/mol. The van der Waals surface area contributed by atoms with Crippen molar-refractivity contribution in [1.29, 1.82) is 0 Å². The number of H-pyrrole nitrogens is 1. The second-order valence-electron chi connectivity index (χ2n) is 7.36. The first-order chi connectivity index (χ1) is 15.1. The van der Waals surface area contributed by atoms with E-state index in [0.29, 0.717) is 42.8 Å². The number of hydrogen-bond acceptors (Lipinski definition) is 4. The normalized spacial score (nSPS) is 11.1. The van der Waals surface area contributed by atoms with Crippen molar-refractivity contribution < 1.29 is 9.47 Å². The van der Waals surface area contributed by atoms with Crippen molar-refractivity contribution >= 4 is 22.6 Å². The Morgan fingerprint density at radius 1 is 1.00 bits per heavy atom. The summed E-state index contributed by atoms with van der Waals surface area (Å²) >= 11 is 6.57. The summed E-state index contributed by atoms with van der Waals surface area (Å²) in [6, 6.07) is 20.1. The van der Waals surface area contributed by atoms with Crippen molar-refractivity contribution in [1.82, 2.24) is 15.3 Å². The van der Waals surface area contributed by atoms with Gasteiger partial charge in [-0.3, -0.25) is 0 Å². The summed E-state index contributed by atoms with van der Waals surface area (Å²) in [5, 5.41) is 3.95. The number of halogens is 1. The standard InChI is InChI=1S/C25H26ClN3O2/c1-3-30-23-13-18(14-27-15-24-28-21-10-6-7-11-22(21)29-24)12-20(26)25(23)31-16-19-9-5-4-8-17(19)2/h4-13,27H,3,14-16H2,1-2H3,(H,28,29). The Balaban J connectivity index is 1.43.